The zero-order valence-electron chi connectivity index (χ0n) is 16.0. The summed E-state index contributed by atoms with van der Waals surface area (Å²) in [6, 6.07) is 3.14. The number of nitrogens with two attached hydrogens (primary N) is 1. The first-order valence-corrected chi connectivity index (χ1v) is 9.39. The van der Waals surface area contributed by atoms with E-state index in [0.717, 1.165) is 6.07 Å². The Morgan fingerprint density at radius 2 is 1.63 bits per heavy atom. The molecular formula is C20H21F3N4O3. The highest BCUT2D eigenvalue weighted by molar-refractivity contribution is 5.94. The summed E-state index contributed by atoms with van der Waals surface area (Å²) >= 11 is 0. The zero-order valence-corrected chi connectivity index (χ0v) is 16.0. The maximum Gasteiger partial charge on any atom is 0.255 e. The fourth-order valence-electron chi connectivity index (χ4n) is 3.31. The summed E-state index contributed by atoms with van der Waals surface area (Å²) in [4.78, 5) is 41.6. The van der Waals surface area contributed by atoms with E-state index in [2.05, 4.69) is 4.98 Å². The number of carbonyl (C=O) groups excluding carboxylic acids is 2. The van der Waals surface area contributed by atoms with Gasteiger partial charge in [-0.15, -0.1) is 0 Å². The third-order valence-electron chi connectivity index (χ3n) is 4.96. The molecule has 1 aromatic carbocycles. The number of H-pyrrole nitrogens is 1. The minimum atomic E-state index is -1.28. The first-order valence-electron chi connectivity index (χ1n) is 9.39. The van der Waals surface area contributed by atoms with Gasteiger partial charge in [0.2, 0.25) is 11.5 Å². The van der Waals surface area contributed by atoms with Crippen molar-refractivity contribution in [1.82, 2.24) is 14.8 Å². The molecule has 3 rings (SSSR count). The molecule has 1 atom stereocenters. The van der Waals surface area contributed by atoms with Crippen molar-refractivity contribution in [3.8, 4) is 0 Å². The average Bonchev–Trinajstić information content (AvgIpc) is 2.72. The summed E-state index contributed by atoms with van der Waals surface area (Å²) in [7, 11) is 0. The first kappa shape index (κ1) is 21.6. The van der Waals surface area contributed by atoms with Crippen molar-refractivity contribution in [2.75, 3.05) is 26.2 Å². The maximum atomic E-state index is 13.7. The number of halogens is 3. The molecule has 2 aromatic rings. The van der Waals surface area contributed by atoms with E-state index >= 15 is 0 Å². The highest BCUT2D eigenvalue weighted by Crippen LogP contribution is 2.16. The van der Waals surface area contributed by atoms with Crippen molar-refractivity contribution in [2.24, 2.45) is 5.73 Å². The van der Waals surface area contributed by atoms with E-state index in [9.17, 15) is 27.6 Å². The molecular weight excluding hydrogens is 401 g/mol. The summed E-state index contributed by atoms with van der Waals surface area (Å²) in [5.41, 5.74) is 5.87. The zero-order chi connectivity index (χ0) is 21.8. The predicted octanol–water partition coefficient (Wildman–Crippen LogP) is 1.04. The van der Waals surface area contributed by atoms with Crippen molar-refractivity contribution in [3.05, 3.63) is 69.4 Å². The highest BCUT2D eigenvalue weighted by Gasteiger charge is 2.26. The van der Waals surface area contributed by atoms with Crippen molar-refractivity contribution in [1.29, 1.82) is 0 Å². The molecule has 30 heavy (non-hydrogen) atoms. The van der Waals surface area contributed by atoms with Crippen LogP contribution in [0.5, 0.6) is 0 Å². The number of amides is 2. The van der Waals surface area contributed by atoms with Gasteiger partial charge in [-0.2, -0.15) is 0 Å². The summed E-state index contributed by atoms with van der Waals surface area (Å²) in [6.45, 7) is 1.24. The van der Waals surface area contributed by atoms with Gasteiger partial charge in [0, 0.05) is 57.0 Å². The summed E-state index contributed by atoms with van der Waals surface area (Å²) in [6.07, 6.45) is 1.14. The summed E-state index contributed by atoms with van der Waals surface area (Å²) < 4.78 is 40.1. The number of nitrogens with zero attached hydrogens (tertiary/aromatic N) is 2. The number of hydrogen-bond acceptors (Lipinski definition) is 4. The second-order valence-electron chi connectivity index (χ2n) is 7.14. The lowest BCUT2D eigenvalue weighted by molar-refractivity contribution is -0.133. The summed E-state index contributed by atoms with van der Waals surface area (Å²) in [5.74, 6) is -3.87. The largest absolute Gasteiger partial charge is 0.339 e. The Hall–Kier alpha value is -3.14. The number of nitrogens with one attached hydrogen (secondary N) is 1. The molecule has 0 aliphatic carbocycles. The lowest BCUT2D eigenvalue weighted by Gasteiger charge is -2.35. The number of aromatic nitrogens is 1. The highest BCUT2D eigenvalue weighted by atomic mass is 19.2. The molecule has 160 valence electrons. The molecule has 0 saturated carbocycles. The van der Waals surface area contributed by atoms with Crippen LogP contribution in [-0.4, -0.2) is 58.8 Å². The molecule has 0 unspecified atom stereocenters. The van der Waals surface area contributed by atoms with E-state index in [1.165, 1.54) is 18.3 Å². The van der Waals surface area contributed by atoms with Gasteiger partial charge < -0.3 is 20.5 Å². The van der Waals surface area contributed by atoms with E-state index < -0.39 is 23.5 Å². The molecule has 7 nitrogen and oxygen atoms in total. The fraction of sp³-hybridized carbons (Fsp3) is 0.350. The Morgan fingerprint density at radius 3 is 2.27 bits per heavy atom. The quantitative estimate of drug-likeness (QED) is 0.704. The van der Waals surface area contributed by atoms with E-state index in [1.807, 2.05) is 0 Å². The van der Waals surface area contributed by atoms with Crippen LogP contribution in [0.25, 0.3) is 0 Å². The van der Waals surface area contributed by atoms with Crippen LogP contribution in [0, 0.1) is 17.5 Å². The molecule has 1 saturated heterocycles. The van der Waals surface area contributed by atoms with E-state index in [4.69, 9.17) is 5.73 Å². The van der Waals surface area contributed by atoms with Crippen LogP contribution in [0.4, 0.5) is 13.2 Å². The molecule has 10 heteroatoms. The Kier molecular flexibility index (Phi) is 6.56. The number of aromatic amines is 1. The third-order valence-corrected chi connectivity index (χ3v) is 4.96. The van der Waals surface area contributed by atoms with Gasteiger partial charge in [0.1, 0.15) is 5.82 Å². The average molecular weight is 422 g/mol. The van der Waals surface area contributed by atoms with Crippen molar-refractivity contribution in [3.63, 3.8) is 0 Å². The van der Waals surface area contributed by atoms with Gasteiger partial charge in [-0.25, -0.2) is 13.2 Å². The van der Waals surface area contributed by atoms with E-state index in [1.54, 1.807) is 9.80 Å². The number of benzene rings is 1. The second kappa shape index (κ2) is 9.12. The minimum absolute atomic E-state index is 0.0910. The monoisotopic (exact) mass is 422 g/mol. The number of hydrogen-bond donors (Lipinski definition) is 2. The summed E-state index contributed by atoms with van der Waals surface area (Å²) in [5, 5.41) is 0. The Labute approximate surface area is 170 Å². The molecule has 1 fully saturated rings. The van der Waals surface area contributed by atoms with Crippen molar-refractivity contribution < 1.29 is 22.8 Å². The molecule has 0 radical (unpaired) electrons. The Balaban J connectivity index is 1.51. The molecule has 1 aromatic heterocycles. The van der Waals surface area contributed by atoms with Crippen molar-refractivity contribution in [2.45, 2.75) is 18.9 Å². The minimum Gasteiger partial charge on any atom is -0.339 e. The van der Waals surface area contributed by atoms with E-state index in [-0.39, 0.29) is 35.8 Å². The molecule has 0 spiro atoms. The smallest absolute Gasteiger partial charge is 0.255 e. The molecule has 2 amide bonds. The molecule has 3 N–H and O–H groups in total. The SMILES string of the molecule is N[C@@H](CC(=O)N1CCN(C(=O)c2ccc(=O)[nH]c2)CC1)Cc1cc(F)c(F)cc1F. The molecule has 2 heterocycles. The van der Waals surface area contributed by atoms with Crippen LogP contribution in [0.3, 0.4) is 0 Å². The topological polar surface area (TPSA) is 99.5 Å². The first-order chi connectivity index (χ1) is 14.2. The van der Waals surface area contributed by atoms with Crippen LogP contribution < -0.4 is 11.3 Å². The van der Waals surface area contributed by atoms with Gasteiger partial charge in [-0.1, -0.05) is 0 Å². The van der Waals surface area contributed by atoms with Gasteiger partial charge in [-0.3, -0.25) is 14.4 Å². The number of rotatable bonds is 5. The van der Waals surface area contributed by atoms with Crippen molar-refractivity contribution >= 4 is 11.8 Å². The Bertz CT molecular complexity index is 983. The van der Waals surface area contributed by atoms with Crippen LogP contribution in [0.1, 0.15) is 22.3 Å². The second-order valence-corrected chi connectivity index (χ2v) is 7.14. The predicted molar refractivity (Wildman–Crippen MR) is 102 cm³/mol. The third kappa shape index (κ3) is 5.07. The number of carbonyl (C=O) groups is 2. The number of pyridine rings is 1. The standard InChI is InChI=1S/C20H21F3N4O3/c21-15-10-17(23)16(22)8-13(15)7-14(24)9-19(29)26-3-5-27(6-4-26)20(30)12-1-2-18(28)25-11-12/h1-2,8,10-11,14H,3-7,9,24H2,(H,25,28)/t14-/m1/s1. The lowest BCUT2D eigenvalue weighted by Crippen LogP contribution is -2.51. The fourth-order valence-corrected chi connectivity index (χ4v) is 3.31. The van der Waals surface area contributed by atoms with Gasteiger partial charge >= 0.3 is 0 Å². The van der Waals surface area contributed by atoms with Crippen LogP contribution in [0.15, 0.2) is 35.3 Å². The van der Waals surface area contributed by atoms with Crippen LogP contribution in [0.2, 0.25) is 0 Å². The maximum absolute atomic E-state index is 13.7. The normalized spacial score (nSPS) is 15.2. The van der Waals surface area contributed by atoms with Crippen LogP contribution in [-0.2, 0) is 11.2 Å². The Morgan fingerprint density at radius 1 is 1.00 bits per heavy atom. The van der Waals surface area contributed by atoms with E-state index in [0.29, 0.717) is 37.8 Å². The van der Waals surface area contributed by atoms with Gasteiger partial charge in [0.25, 0.3) is 5.91 Å². The lowest BCUT2D eigenvalue weighted by atomic mass is 10.0. The molecule has 0 bridgehead atoms. The van der Waals surface area contributed by atoms with Gasteiger partial charge in [0.05, 0.1) is 5.56 Å². The number of piperazine rings is 1. The molecule has 1 aliphatic rings. The van der Waals surface area contributed by atoms with Gasteiger partial charge in [0.15, 0.2) is 11.6 Å². The van der Waals surface area contributed by atoms with Gasteiger partial charge in [-0.05, 0) is 24.1 Å². The van der Waals surface area contributed by atoms with Crippen LogP contribution >= 0.6 is 0 Å². The molecule has 1 aliphatic heterocycles.